The quantitative estimate of drug-likeness (QED) is 0.876. The molecule has 0 radical (unpaired) electrons. The molecule has 2 N–H and O–H groups in total. The number of nitrogens with zero attached hydrogens (tertiary/aromatic N) is 1. The second-order valence-electron chi connectivity index (χ2n) is 2.41. The molecule has 0 aliphatic carbocycles. The van der Waals surface area contributed by atoms with Crippen LogP contribution in [0.4, 0.5) is 18.3 Å². The van der Waals surface area contributed by atoms with E-state index in [0.717, 1.165) is 0 Å². The highest BCUT2D eigenvalue weighted by atomic mass is 35.5. The average molecular weight is 261 g/mol. The zero-order valence-corrected chi connectivity index (χ0v) is 8.50. The van der Waals surface area contributed by atoms with Crippen molar-refractivity contribution in [3.63, 3.8) is 0 Å². The number of hydrogen-bond acceptors (Lipinski definition) is 4. The topological polar surface area (TPSA) is 62.2 Å². The molecule has 1 heterocycles. The minimum atomic E-state index is -4.39. The lowest BCUT2D eigenvalue weighted by Crippen LogP contribution is -2.21. The van der Waals surface area contributed by atoms with Gasteiger partial charge >= 0.3 is 12.1 Å². The fourth-order valence-electron chi connectivity index (χ4n) is 0.685. The molecule has 0 saturated carbocycles. The van der Waals surface area contributed by atoms with Crippen LogP contribution in [0.15, 0.2) is 0 Å². The van der Waals surface area contributed by atoms with Crippen molar-refractivity contribution in [3.05, 3.63) is 10.0 Å². The van der Waals surface area contributed by atoms with Crippen molar-refractivity contribution in [1.82, 2.24) is 4.98 Å². The Bertz CT molecular complexity index is 379. The Labute approximate surface area is 90.7 Å². The number of aromatic carboxylic acids is 1. The smallest absolute Gasteiger partial charge is 0.405 e. The lowest BCUT2D eigenvalue weighted by Gasteiger charge is -2.05. The van der Waals surface area contributed by atoms with Crippen LogP contribution in [0.1, 0.15) is 9.67 Å². The van der Waals surface area contributed by atoms with Crippen LogP contribution in [0.2, 0.25) is 5.15 Å². The SMILES string of the molecule is O=C(O)c1sc(NCC(F)(F)F)nc1Cl. The molecule has 0 aromatic carbocycles. The first kappa shape index (κ1) is 12.1. The highest BCUT2D eigenvalue weighted by molar-refractivity contribution is 7.17. The van der Waals surface area contributed by atoms with Gasteiger partial charge in [-0.15, -0.1) is 0 Å². The number of carboxylic acid groups (broad SMARTS) is 1. The Morgan fingerprint density at radius 3 is 2.60 bits per heavy atom. The predicted octanol–water partition coefficient (Wildman–Crippen LogP) is 2.47. The number of nitrogens with one attached hydrogen (secondary N) is 1. The number of halogens is 4. The molecule has 0 atom stereocenters. The second kappa shape index (κ2) is 4.23. The number of anilines is 1. The summed E-state index contributed by atoms with van der Waals surface area (Å²) in [7, 11) is 0. The molecule has 15 heavy (non-hydrogen) atoms. The molecule has 1 aromatic heterocycles. The maximum absolute atomic E-state index is 11.8. The van der Waals surface area contributed by atoms with Crippen molar-refractivity contribution in [2.24, 2.45) is 0 Å². The van der Waals surface area contributed by atoms with Gasteiger partial charge in [0.15, 0.2) is 15.2 Å². The number of carboxylic acids is 1. The minimum absolute atomic E-state index is 0.172. The molecule has 84 valence electrons. The van der Waals surface area contributed by atoms with Gasteiger partial charge in [0, 0.05) is 0 Å². The first-order valence-electron chi connectivity index (χ1n) is 3.50. The number of carbonyl (C=O) groups is 1. The molecule has 0 saturated heterocycles. The van der Waals surface area contributed by atoms with Crippen LogP contribution in [0.5, 0.6) is 0 Å². The molecule has 0 unspecified atom stereocenters. The highest BCUT2D eigenvalue weighted by Gasteiger charge is 2.27. The van der Waals surface area contributed by atoms with E-state index < -0.39 is 18.7 Å². The van der Waals surface area contributed by atoms with E-state index in [2.05, 4.69) is 4.98 Å². The van der Waals surface area contributed by atoms with Crippen molar-refractivity contribution in [2.75, 3.05) is 11.9 Å². The monoisotopic (exact) mass is 260 g/mol. The van der Waals surface area contributed by atoms with Crippen LogP contribution in [0.3, 0.4) is 0 Å². The summed E-state index contributed by atoms with van der Waals surface area (Å²) >= 11 is 5.94. The molecule has 1 aromatic rings. The second-order valence-corrected chi connectivity index (χ2v) is 3.77. The van der Waals surface area contributed by atoms with Gasteiger partial charge in [-0.2, -0.15) is 13.2 Å². The summed E-state index contributed by atoms with van der Waals surface area (Å²) in [5.74, 6) is -1.32. The van der Waals surface area contributed by atoms with Gasteiger partial charge in [0.05, 0.1) is 0 Å². The van der Waals surface area contributed by atoms with E-state index in [4.69, 9.17) is 16.7 Å². The van der Waals surface area contributed by atoms with Gasteiger partial charge in [-0.1, -0.05) is 22.9 Å². The summed E-state index contributed by atoms with van der Waals surface area (Å²) in [4.78, 5) is 13.6. The number of rotatable bonds is 3. The zero-order valence-electron chi connectivity index (χ0n) is 6.93. The summed E-state index contributed by atoms with van der Waals surface area (Å²) in [6.45, 7) is -1.28. The molecule has 0 bridgehead atoms. The third kappa shape index (κ3) is 3.56. The van der Waals surface area contributed by atoms with Gasteiger partial charge in [0.25, 0.3) is 0 Å². The minimum Gasteiger partial charge on any atom is -0.477 e. The molecule has 0 amide bonds. The van der Waals surface area contributed by atoms with Crippen LogP contribution in [0.25, 0.3) is 0 Å². The lowest BCUT2D eigenvalue weighted by molar-refractivity contribution is -0.115. The number of hydrogen-bond donors (Lipinski definition) is 2. The molecule has 1 rings (SSSR count). The van der Waals surface area contributed by atoms with Crippen molar-refractivity contribution in [1.29, 1.82) is 0 Å². The van der Waals surface area contributed by atoms with E-state index in [-0.39, 0.29) is 15.2 Å². The standard InChI is InChI=1S/C6H4ClF3N2O2S/c7-3-2(4(13)14)15-5(12-3)11-1-6(8,9)10/h1H2,(H,11,12)(H,13,14). The largest absolute Gasteiger partial charge is 0.477 e. The molecule has 9 heteroatoms. The molecule has 0 aliphatic rings. The van der Waals surface area contributed by atoms with Crippen LogP contribution in [-0.2, 0) is 0 Å². The molecule has 0 aliphatic heterocycles. The Hall–Kier alpha value is -1.02. The summed E-state index contributed by atoms with van der Waals surface area (Å²) < 4.78 is 35.3. The van der Waals surface area contributed by atoms with Gasteiger partial charge in [0.1, 0.15) is 6.54 Å². The Kier molecular flexibility index (Phi) is 3.40. The first-order valence-corrected chi connectivity index (χ1v) is 4.69. The molecule has 0 spiro atoms. The number of thiazole rings is 1. The fourth-order valence-corrected chi connectivity index (χ4v) is 1.71. The van der Waals surface area contributed by atoms with Crippen LogP contribution in [-0.4, -0.2) is 28.8 Å². The third-order valence-corrected chi connectivity index (χ3v) is 2.61. The lowest BCUT2D eigenvalue weighted by atomic mass is 10.6. The normalized spacial score (nSPS) is 11.5. The Morgan fingerprint density at radius 1 is 1.60 bits per heavy atom. The fraction of sp³-hybridized carbons (Fsp3) is 0.333. The average Bonchev–Trinajstić information content (AvgIpc) is 2.42. The van der Waals surface area contributed by atoms with E-state index in [9.17, 15) is 18.0 Å². The maximum Gasteiger partial charge on any atom is 0.405 e. The van der Waals surface area contributed by atoms with E-state index >= 15 is 0 Å². The third-order valence-electron chi connectivity index (χ3n) is 1.22. The first-order chi connectivity index (χ1) is 6.79. The zero-order chi connectivity index (χ0) is 11.6. The number of alkyl halides is 3. The summed E-state index contributed by atoms with van der Waals surface area (Å²) in [5, 5.41) is 9.98. The predicted molar refractivity (Wildman–Crippen MR) is 48.6 cm³/mol. The van der Waals surface area contributed by atoms with Crippen molar-refractivity contribution in [2.45, 2.75) is 6.18 Å². The maximum atomic E-state index is 11.8. The van der Waals surface area contributed by atoms with Gasteiger partial charge in [0.2, 0.25) is 0 Å². The van der Waals surface area contributed by atoms with Gasteiger partial charge in [-0.05, 0) is 0 Å². The van der Waals surface area contributed by atoms with E-state index in [1.54, 1.807) is 0 Å². The van der Waals surface area contributed by atoms with E-state index in [0.29, 0.717) is 11.3 Å². The Balaban J connectivity index is 2.72. The van der Waals surface area contributed by atoms with Crippen molar-refractivity contribution in [3.8, 4) is 0 Å². The highest BCUT2D eigenvalue weighted by Crippen LogP contribution is 2.27. The van der Waals surface area contributed by atoms with Crippen molar-refractivity contribution >= 4 is 34.0 Å². The summed E-state index contributed by atoms with van der Waals surface area (Å²) in [5.41, 5.74) is 0. The molecule has 0 fully saturated rings. The van der Waals surface area contributed by atoms with Gasteiger partial charge in [-0.25, -0.2) is 9.78 Å². The van der Waals surface area contributed by atoms with E-state index in [1.807, 2.05) is 5.32 Å². The Morgan fingerprint density at radius 2 is 2.20 bits per heavy atom. The van der Waals surface area contributed by atoms with Gasteiger partial charge in [-0.3, -0.25) is 0 Å². The van der Waals surface area contributed by atoms with Crippen LogP contribution < -0.4 is 5.32 Å². The van der Waals surface area contributed by atoms with Gasteiger partial charge < -0.3 is 10.4 Å². The van der Waals surface area contributed by atoms with Crippen LogP contribution >= 0.6 is 22.9 Å². The molecule has 4 nitrogen and oxygen atoms in total. The molecular weight excluding hydrogens is 257 g/mol. The van der Waals surface area contributed by atoms with Crippen molar-refractivity contribution < 1.29 is 23.1 Å². The molecular formula is C6H4ClF3N2O2S. The number of aromatic nitrogens is 1. The van der Waals surface area contributed by atoms with E-state index in [1.165, 1.54) is 0 Å². The van der Waals surface area contributed by atoms with Crippen LogP contribution in [0, 0.1) is 0 Å². The summed E-state index contributed by atoms with van der Waals surface area (Å²) in [6.07, 6.45) is -4.39. The summed E-state index contributed by atoms with van der Waals surface area (Å²) in [6, 6.07) is 0.